The summed E-state index contributed by atoms with van der Waals surface area (Å²) >= 11 is 1.67. The first-order valence-electron chi connectivity index (χ1n) is 9.39. The Balaban J connectivity index is 1.31. The van der Waals surface area contributed by atoms with Crippen LogP contribution < -0.4 is 9.64 Å². The largest absolute Gasteiger partial charge is 0.489 e. The van der Waals surface area contributed by atoms with Gasteiger partial charge in [-0.05, 0) is 36.8 Å². The molecule has 1 saturated heterocycles. The number of aryl methyl sites for hydroxylation is 1. The van der Waals surface area contributed by atoms with Gasteiger partial charge in [0, 0.05) is 37.9 Å². The second-order valence-corrected chi connectivity index (χ2v) is 8.16. The molecule has 146 valence electrons. The first-order chi connectivity index (χ1) is 13.7. The Labute approximate surface area is 168 Å². The molecule has 5 nitrogen and oxygen atoms in total. The van der Waals surface area contributed by atoms with Crippen molar-refractivity contribution in [3.63, 3.8) is 0 Å². The van der Waals surface area contributed by atoms with E-state index >= 15 is 0 Å². The second kappa shape index (κ2) is 8.67. The van der Waals surface area contributed by atoms with Gasteiger partial charge < -0.3 is 9.64 Å². The van der Waals surface area contributed by atoms with Crippen LogP contribution in [-0.4, -0.2) is 41.3 Å². The molecular weight excluding hydrogens is 375 g/mol. The Hall–Kier alpha value is -2.51. The number of hydrogen-bond donors (Lipinski definition) is 0. The normalized spacial score (nSPS) is 15.0. The maximum Gasteiger partial charge on any atom is 0.131 e. The van der Waals surface area contributed by atoms with Crippen LogP contribution in [0.2, 0.25) is 0 Å². The lowest BCUT2D eigenvalue weighted by molar-refractivity contribution is 0.249. The Morgan fingerprint density at radius 3 is 2.54 bits per heavy atom. The smallest absolute Gasteiger partial charge is 0.131 e. The maximum atomic E-state index is 13.0. The van der Waals surface area contributed by atoms with Gasteiger partial charge in [-0.3, -0.25) is 4.90 Å². The SMILES string of the molecule is Cc1nnc(CN2CCN(c3cccc(OCc4ccc(F)cc4)c3)CC2)s1. The van der Waals surface area contributed by atoms with Crippen LogP contribution in [0.5, 0.6) is 5.75 Å². The highest BCUT2D eigenvalue weighted by Gasteiger charge is 2.18. The zero-order chi connectivity index (χ0) is 19.3. The molecular formula is C21H23FN4OS. The van der Waals surface area contributed by atoms with Gasteiger partial charge in [0.05, 0.1) is 6.54 Å². The molecule has 7 heteroatoms. The van der Waals surface area contributed by atoms with Gasteiger partial charge in [0.2, 0.25) is 0 Å². The monoisotopic (exact) mass is 398 g/mol. The van der Waals surface area contributed by atoms with Crippen LogP contribution in [0.1, 0.15) is 15.6 Å². The van der Waals surface area contributed by atoms with Gasteiger partial charge in [-0.25, -0.2) is 4.39 Å². The van der Waals surface area contributed by atoms with E-state index < -0.39 is 0 Å². The van der Waals surface area contributed by atoms with E-state index in [9.17, 15) is 4.39 Å². The van der Waals surface area contributed by atoms with Crippen molar-refractivity contribution in [1.82, 2.24) is 15.1 Å². The van der Waals surface area contributed by atoms with Gasteiger partial charge in [0.1, 0.15) is 28.2 Å². The maximum absolute atomic E-state index is 13.0. The number of aromatic nitrogens is 2. The summed E-state index contributed by atoms with van der Waals surface area (Å²) in [7, 11) is 0. The topological polar surface area (TPSA) is 41.5 Å². The summed E-state index contributed by atoms with van der Waals surface area (Å²) in [6.45, 7) is 7.24. The molecule has 0 radical (unpaired) electrons. The molecule has 0 spiro atoms. The van der Waals surface area contributed by atoms with Gasteiger partial charge >= 0.3 is 0 Å². The summed E-state index contributed by atoms with van der Waals surface area (Å²) in [5.41, 5.74) is 2.12. The van der Waals surface area contributed by atoms with Crippen LogP contribution in [-0.2, 0) is 13.2 Å². The van der Waals surface area contributed by atoms with E-state index in [1.54, 1.807) is 23.5 Å². The number of benzene rings is 2. The van der Waals surface area contributed by atoms with E-state index in [-0.39, 0.29) is 5.82 Å². The standard InChI is InChI=1S/C21H23FN4OS/c1-16-23-24-21(28-16)14-25-9-11-26(12-10-25)19-3-2-4-20(13-19)27-15-17-5-7-18(22)8-6-17/h2-8,13H,9-12,14-15H2,1H3. The van der Waals surface area contributed by atoms with Crippen LogP contribution >= 0.6 is 11.3 Å². The minimum atomic E-state index is -0.230. The number of piperazine rings is 1. The van der Waals surface area contributed by atoms with Crippen molar-refractivity contribution < 1.29 is 9.13 Å². The predicted molar refractivity (Wildman–Crippen MR) is 109 cm³/mol. The van der Waals surface area contributed by atoms with E-state index in [0.29, 0.717) is 6.61 Å². The second-order valence-electron chi connectivity index (χ2n) is 6.89. The number of anilines is 1. The van der Waals surface area contributed by atoms with Crippen LogP contribution in [0.15, 0.2) is 48.5 Å². The molecule has 1 fully saturated rings. The molecule has 4 rings (SSSR count). The minimum absolute atomic E-state index is 0.230. The first kappa shape index (κ1) is 18.8. The van der Waals surface area contributed by atoms with Crippen molar-refractivity contribution in [3.05, 3.63) is 69.9 Å². The first-order valence-corrected chi connectivity index (χ1v) is 10.2. The van der Waals surface area contributed by atoms with E-state index in [4.69, 9.17) is 4.74 Å². The summed E-state index contributed by atoms with van der Waals surface area (Å²) < 4.78 is 18.9. The molecule has 0 saturated carbocycles. The summed E-state index contributed by atoms with van der Waals surface area (Å²) in [5.74, 6) is 0.597. The molecule has 0 N–H and O–H groups in total. The molecule has 2 heterocycles. The third-order valence-corrected chi connectivity index (χ3v) is 5.62. The van der Waals surface area contributed by atoms with Gasteiger partial charge in [-0.1, -0.05) is 18.2 Å². The number of halogens is 1. The molecule has 0 unspecified atom stereocenters. The molecule has 0 bridgehead atoms. The minimum Gasteiger partial charge on any atom is -0.489 e. The Bertz CT molecular complexity index is 907. The van der Waals surface area contributed by atoms with Crippen molar-refractivity contribution in [2.24, 2.45) is 0 Å². The fourth-order valence-corrected chi connectivity index (χ4v) is 4.03. The molecule has 0 aliphatic carbocycles. The highest BCUT2D eigenvalue weighted by molar-refractivity contribution is 7.11. The third kappa shape index (κ3) is 4.85. The van der Waals surface area contributed by atoms with Crippen molar-refractivity contribution in [2.45, 2.75) is 20.1 Å². The fourth-order valence-electron chi connectivity index (χ4n) is 3.27. The summed E-state index contributed by atoms with van der Waals surface area (Å²) in [4.78, 5) is 4.80. The van der Waals surface area contributed by atoms with Crippen LogP contribution in [0.25, 0.3) is 0 Å². The molecule has 0 atom stereocenters. The Morgan fingerprint density at radius 2 is 1.82 bits per heavy atom. The van der Waals surface area contributed by atoms with Crippen molar-refractivity contribution >= 4 is 17.0 Å². The number of rotatable bonds is 6. The van der Waals surface area contributed by atoms with Crippen LogP contribution in [0, 0.1) is 12.7 Å². The lowest BCUT2D eigenvalue weighted by Gasteiger charge is -2.35. The molecule has 28 heavy (non-hydrogen) atoms. The quantitative estimate of drug-likeness (QED) is 0.630. The van der Waals surface area contributed by atoms with E-state index in [1.807, 2.05) is 19.1 Å². The average molecular weight is 399 g/mol. The highest BCUT2D eigenvalue weighted by atomic mass is 32.1. The van der Waals surface area contributed by atoms with Gasteiger partial charge in [0.15, 0.2) is 0 Å². The Morgan fingerprint density at radius 1 is 1.04 bits per heavy atom. The summed E-state index contributed by atoms with van der Waals surface area (Å²) in [6, 6.07) is 14.6. The fraction of sp³-hybridized carbons (Fsp3) is 0.333. The molecule has 1 aliphatic heterocycles. The van der Waals surface area contributed by atoms with Gasteiger partial charge in [-0.2, -0.15) is 0 Å². The van der Waals surface area contributed by atoms with Crippen molar-refractivity contribution in [1.29, 1.82) is 0 Å². The molecule has 1 aliphatic rings. The number of nitrogens with zero attached hydrogens (tertiary/aromatic N) is 4. The third-order valence-electron chi connectivity index (χ3n) is 4.80. The van der Waals surface area contributed by atoms with E-state index in [1.165, 1.54) is 17.8 Å². The summed E-state index contributed by atoms with van der Waals surface area (Å²) in [6.07, 6.45) is 0. The molecule has 3 aromatic rings. The van der Waals surface area contributed by atoms with E-state index in [0.717, 1.165) is 54.1 Å². The summed E-state index contributed by atoms with van der Waals surface area (Å²) in [5, 5.41) is 10.4. The van der Waals surface area contributed by atoms with E-state index in [2.05, 4.69) is 32.1 Å². The van der Waals surface area contributed by atoms with Gasteiger partial charge in [0.25, 0.3) is 0 Å². The highest BCUT2D eigenvalue weighted by Crippen LogP contribution is 2.24. The average Bonchev–Trinajstić information content (AvgIpc) is 3.13. The molecule has 0 amide bonds. The van der Waals surface area contributed by atoms with Crippen LogP contribution in [0.4, 0.5) is 10.1 Å². The van der Waals surface area contributed by atoms with Gasteiger partial charge in [-0.15, -0.1) is 21.5 Å². The molecule has 1 aromatic heterocycles. The zero-order valence-electron chi connectivity index (χ0n) is 15.8. The lowest BCUT2D eigenvalue weighted by atomic mass is 10.2. The predicted octanol–water partition coefficient (Wildman–Crippen LogP) is 3.89. The Kier molecular flexibility index (Phi) is 5.83. The molecule has 2 aromatic carbocycles. The van der Waals surface area contributed by atoms with Crippen LogP contribution in [0.3, 0.4) is 0 Å². The lowest BCUT2D eigenvalue weighted by Crippen LogP contribution is -2.45. The van der Waals surface area contributed by atoms with Crippen molar-refractivity contribution in [2.75, 3.05) is 31.1 Å². The number of ether oxygens (including phenoxy) is 1. The zero-order valence-corrected chi connectivity index (χ0v) is 16.7. The van der Waals surface area contributed by atoms with Crippen molar-refractivity contribution in [3.8, 4) is 5.75 Å². The number of hydrogen-bond acceptors (Lipinski definition) is 6.